The third kappa shape index (κ3) is 4.20. The van der Waals surface area contributed by atoms with Crippen molar-refractivity contribution < 1.29 is 4.92 Å². The minimum Gasteiger partial charge on any atom is -0.324 e. The van der Waals surface area contributed by atoms with Crippen molar-refractivity contribution in [3.8, 4) is 0 Å². The summed E-state index contributed by atoms with van der Waals surface area (Å²) < 4.78 is 0. The molecule has 4 nitrogen and oxygen atoms in total. The number of hydrogen-bond acceptors (Lipinski definition) is 4. The quantitative estimate of drug-likeness (QED) is 0.497. The second-order valence-electron chi connectivity index (χ2n) is 4.68. The van der Waals surface area contributed by atoms with E-state index in [1.807, 2.05) is 31.2 Å². The highest BCUT2D eigenvalue weighted by Crippen LogP contribution is 2.30. The van der Waals surface area contributed by atoms with Crippen LogP contribution in [0.4, 0.5) is 5.69 Å². The van der Waals surface area contributed by atoms with Crippen molar-refractivity contribution in [3.63, 3.8) is 0 Å². The Kier molecular flexibility index (Phi) is 5.22. The largest absolute Gasteiger partial charge is 0.324 e. The number of benzene rings is 2. The monoisotopic (exact) mass is 322 g/mol. The van der Waals surface area contributed by atoms with Crippen molar-refractivity contribution in [1.82, 2.24) is 0 Å². The predicted molar refractivity (Wildman–Crippen MR) is 86.7 cm³/mol. The highest BCUT2D eigenvalue weighted by Gasteiger charge is 2.14. The maximum Gasteiger partial charge on any atom is 0.273 e. The lowest BCUT2D eigenvalue weighted by Crippen LogP contribution is -2.04. The topological polar surface area (TPSA) is 69.2 Å². The van der Waals surface area contributed by atoms with E-state index in [9.17, 15) is 10.1 Å². The highest BCUT2D eigenvalue weighted by molar-refractivity contribution is 7.98. The molecule has 0 bridgehead atoms. The van der Waals surface area contributed by atoms with E-state index in [1.165, 1.54) is 23.9 Å². The third-order valence-corrected chi connectivity index (χ3v) is 4.29. The number of thioether (sulfide) groups is 1. The molecule has 0 heterocycles. The van der Waals surface area contributed by atoms with Gasteiger partial charge in [-0.1, -0.05) is 23.7 Å². The Morgan fingerprint density at radius 3 is 2.76 bits per heavy atom. The number of nitrogens with two attached hydrogens (primary N) is 1. The summed E-state index contributed by atoms with van der Waals surface area (Å²) in [5.41, 5.74) is 7.61. The Labute approximate surface area is 132 Å². The van der Waals surface area contributed by atoms with Crippen LogP contribution in [0.1, 0.15) is 24.1 Å². The lowest BCUT2D eigenvalue weighted by molar-refractivity contribution is -0.385. The zero-order valence-corrected chi connectivity index (χ0v) is 13.0. The zero-order valence-electron chi connectivity index (χ0n) is 11.5. The molecule has 6 heteroatoms. The molecule has 0 aromatic heterocycles. The van der Waals surface area contributed by atoms with Gasteiger partial charge in [0.15, 0.2) is 0 Å². The van der Waals surface area contributed by atoms with Crippen LogP contribution in [0.3, 0.4) is 0 Å². The van der Waals surface area contributed by atoms with Crippen molar-refractivity contribution in [2.75, 3.05) is 0 Å². The van der Waals surface area contributed by atoms with Gasteiger partial charge in [-0.2, -0.15) is 0 Å². The smallest absolute Gasteiger partial charge is 0.273 e. The van der Waals surface area contributed by atoms with Crippen molar-refractivity contribution in [2.24, 2.45) is 5.73 Å². The molecule has 0 radical (unpaired) electrons. The molecule has 2 rings (SSSR count). The van der Waals surface area contributed by atoms with Gasteiger partial charge in [0.25, 0.3) is 5.69 Å². The minimum atomic E-state index is -0.384. The van der Waals surface area contributed by atoms with Gasteiger partial charge in [0.1, 0.15) is 0 Å². The van der Waals surface area contributed by atoms with E-state index in [2.05, 4.69) is 0 Å². The summed E-state index contributed by atoms with van der Waals surface area (Å²) in [5.74, 6) is 0.485. The number of rotatable bonds is 5. The Morgan fingerprint density at radius 2 is 2.10 bits per heavy atom. The van der Waals surface area contributed by atoms with Crippen molar-refractivity contribution in [1.29, 1.82) is 0 Å². The van der Waals surface area contributed by atoms with Gasteiger partial charge < -0.3 is 5.73 Å². The number of nitrogens with zero attached hydrogens (tertiary/aromatic N) is 1. The summed E-state index contributed by atoms with van der Waals surface area (Å²) in [6, 6.07) is 12.5. The SMILES string of the molecule is CC(N)c1cccc(SCc2cc(Cl)ccc2[N+](=O)[O-])c1. The van der Waals surface area contributed by atoms with Crippen molar-refractivity contribution in [3.05, 3.63) is 68.7 Å². The van der Waals surface area contributed by atoms with Gasteiger partial charge in [-0.05, 0) is 36.8 Å². The summed E-state index contributed by atoms with van der Waals surface area (Å²) in [5, 5.41) is 11.5. The molecule has 21 heavy (non-hydrogen) atoms. The van der Waals surface area contributed by atoms with Crippen LogP contribution in [0, 0.1) is 10.1 Å². The van der Waals surface area contributed by atoms with E-state index >= 15 is 0 Å². The second kappa shape index (κ2) is 6.93. The van der Waals surface area contributed by atoms with Crippen LogP contribution in [0.2, 0.25) is 5.02 Å². The summed E-state index contributed by atoms with van der Waals surface area (Å²) in [7, 11) is 0. The summed E-state index contributed by atoms with van der Waals surface area (Å²) in [6.07, 6.45) is 0. The summed E-state index contributed by atoms with van der Waals surface area (Å²) >= 11 is 7.45. The molecule has 0 aliphatic heterocycles. The molecule has 2 N–H and O–H groups in total. The van der Waals surface area contributed by atoms with Gasteiger partial charge in [-0.25, -0.2) is 0 Å². The fraction of sp³-hybridized carbons (Fsp3) is 0.200. The molecule has 0 saturated heterocycles. The van der Waals surface area contributed by atoms with E-state index in [1.54, 1.807) is 6.07 Å². The zero-order chi connectivity index (χ0) is 15.4. The van der Waals surface area contributed by atoms with Gasteiger partial charge in [-0.3, -0.25) is 10.1 Å². The first-order chi connectivity index (χ1) is 9.97. The van der Waals surface area contributed by atoms with Gasteiger partial charge in [-0.15, -0.1) is 11.8 Å². The summed E-state index contributed by atoms with van der Waals surface area (Å²) in [6.45, 7) is 1.92. The molecule has 0 aliphatic rings. The normalized spacial score (nSPS) is 12.1. The molecular formula is C15H15ClN2O2S. The van der Waals surface area contributed by atoms with Crippen LogP contribution in [-0.2, 0) is 5.75 Å². The van der Waals surface area contributed by atoms with Gasteiger partial charge in [0.05, 0.1) is 4.92 Å². The number of hydrogen-bond donors (Lipinski definition) is 1. The Bertz CT molecular complexity index is 662. The molecule has 0 fully saturated rings. The number of nitro groups is 1. The first-order valence-corrected chi connectivity index (χ1v) is 7.75. The lowest BCUT2D eigenvalue weighted by Gasteiger charge is -2.08. The molecular weight excluding hydrogens is 308 g/mol. The molecule has 110 valence electrons. The van der Waals surface area contributed by atoms with Crippen LogP contribution >= 0.6 is 23.4 Å². The molecule has 2 aromatic rings. The molecule has 2 aromatic carbocycles. The molecule has 0 amide bonds. The Morgan fingerprint density at radius 1 is 1.33 bits per heavy atom. The second-order valence-corrected chi connectivity index (χ2v) is 6.17. The van der Waals surface area contributed by atoms with Crippen molar-refractivity contribution in [2.45, 2.75) is 23.6 Å². The maximum atomic E-state index is 11.0. The van der Waals surface area contributed by atoms with E-state index in [0.717, 1.165) is 10.5 Å². The lowest BCUT2D eigenvalue weighted by atomic mass is 10.1. The highest BCUT2D eigenvalue weighted by atomic mass is 35.5. The van der Waals surface area contributed by atoms with Gasteiger partial charge >= 0.3 is 0 Å². The number of halogens is 1. The van der Waals surface area contributed by atoms with E-state index < -0.39 is 0 Å². The van der Waals surface area contributed by atoms with Crippen LogP contribution in [0.25, 0.3) is 0 Å². The first-order valence-electron chi connectivity index (χ1n) is 6.38. The maximum absolute atomic E-state index is 11.0. The van der Waals surface area contributed by atoms with E-state index in [-0.39, 0.29) is 16.7 Å². The standard InChI is InChI=1S/C15H15ClN2O2S/c1-10(17)11-3-2-4-14(8-11)21-9-12-7-13(16)5-6-15(12)18(19)20/h2-8,10H,9,17H2,1H3. The van der Waals surface area contributed by atoms with E-state index in [4.69, 9.17) is 17.3 Å². The molecule has 0 spiro atoms. The van der Waals surface area contributed by atoms with Gasteiger partial charge in [0.2, 0.25) is 0 Å². The third-order valence-electron chi connectivity index (χ3n) is 3.02. The first kappa shape index (κ1) is 15.8. The van der Waals surface area contributed by atoms with Crippen LogP contribution < -0.4 is 5.73 Å². The molecule has 1 atom stereocenters. The minimum absolute atomic E-state index is 0.0361. The van der Waals surface area contributed by atoms with Crippen LogP contribution in [0.15, 0.2) is 47.4 Å². The van der Waals surface area contributed by atoms with Crippen LogP contribution in [-0.4, -0.2) is 4.92 Å². The predicted octanol–water partition coefficient (Wildman–Crippen LogP) is 4.56. The van der Waals surface area contributed by atoms with E-state index in [0.29, 0.717) is 16.3 Å². The van der Waals surface area contributed by atoms with Crippen molar-refractivity contribution >= 4 is 29.1 Å². The molecule has 0 aliphatic carbocycles. The fourth-order valence-corrected chi connectivity index (χ4v) is 3.04. The fourth-order valence-electron chi connectivity index (χ4n) is 1.90. The number of nitro benzene ring substituents is 1. The van der Waals surface area contributed by atoms with Gasteiger partial charge in [0, 0.05) is 33.3 Å². The molecule has 1 unspecified atom stereocenters. The Hall–Kier alpha value is -1.56. The average Bonchev–Trinajstić information content (AvgIpc) is 2.45. The molecule has 0 saturated carbocycles. The average molecular weight is 323 g/mol. The van der Waals surface area contributed by atoms with Crippen LogP contribution in [0.5, 0.6) is 0 Å². The summed E-state index contributed by atoms with van der Waals surface area (Å²) in [4.78, 5) is 11.7. The Balaban J connectivity index is 2.18.